The number of hydrogen-bond donors (Lipinski definition) is 2. The molecule has 0 atom stereocenters. The molecule has 1 amide bonds. The van der Waals surface area contributed by atoms with Gasteiger partial charge in [0, 0.05) is 48.3 Å². The molecule has 152 valence electrons. The van der Waals surface area contributed by atoms with Gasteiger partial charge in [-0.3, -0.25) is 14.4 Å². The number of aryl methyl sites for hydroxylation is 1. The molecule has 0 saturated heterocycles. The minimum Gasteiger partial charge on any atom is -0.361 e. The van der Waals surface area contributed by atoms with Gasteiger partial charge in [-0.25, -0.2) is 0 Å². The number of carbonyl (C=O) groups is 1. The second-order valence-corrected chi connectivity index (χ2v) is 8.43. The van der Waals surface area contributed by atoms with Gasteiger partial charge >= 0.3 is 0 Å². The summed E-state index contributed by atoms with van der Waals surface area (Å²) < 4.78 is 2.15. The van der Waals surface area contributed by atoms with Crippen LogP contribution in [0.2, 0.25) is 0 Å². The number of hydrogen-bond acceptors (Lipinski definition) is 3. The first-order valence-electron chi connectivity index (χ1n) is 10.9. The maximum Gasteiger partial charge on any atom is 0.251 e. The number of nitrogens with one attached hydrogen (secondary N) is 2. The molecule has 1 fully saturated rings. The van der Waals surface area contributed by atoms with E-state index in [1.54, 1.807) is 0 Å². The van der Waals surface area contributed by atoms with Gasteiger partial charge in [-0.05, 0) is 49.6 Å². The van der Waals surface area contributed by atoms with Gasteiger partial charge in [0.15, 0.2) is 0 Å². The Balaban J connectivity index is 1.24. The smallest absolute Gasteiger partial charge is 0.251 e. The molecule has 0 radical (unpaired) electrons. The van der Waals surface area contributed by atoms with Crippen LogP contribution in [0.5, 0.6) is 0 Å². The van der Waals surface area contributed by atoms with Gasteiger partial charge in [0.2, 0.25) is 0 Å². The summed E-state index contributed by atoms with van der Waals surface area (Å²) in [6.07, 6.45) is 9.83. The summed E-state index contributed by atoms with van der Waals surface area (Å²) in [5, 5.41) is 8.85. The maximum absolute atomic E-state index is 12.6. The second-order valence-electron chi connectivity index (χ2n) is 8.43. The van der Waals surface area contributed by atoms with E-state index in [9.17, 15) is 4.79 Å². The summed E-state index contributed by atoms with van der Waals surface area (Å²) in [4.78, 5) is 18.4. The molecule has 6 nitrogen and oxygen atoms in total. The van der Waals surface area contributed by atoms with E-state index in [2.05, 4.69) is 25.9 Å². The van der Waals surface area contributed by atoms with E-state index >= 15 is 0 Å². The molecule has 29 heavy (non-hydrogen) atoms. The highest BCUT2D eigenvalue weighted by Gasteiger charge is 2.24. The Labute approximate surface area is 171 Å². The lowest BCUT2D eigenvalue weighted by Gasteiger charge is -2.33. The average Bonchev–Trinajstić information content (AvgIpc) is 3.33. The Morgan fingerprint density at radius 1 is 1.10 bits per heavy atom. The fourth-order valence-corrected chi connectivity index (χ4v) is 4.86. The number of aromatic nitrogens is 3. The van der Waals surface area contributed by atoms with E-state index < -0.39 is 0 Å². The van der Waals surface area contributed by atoms with Crippen LogP contribution in [0.4, 0.5) is 0 Å². The fourth-order valence-electron chi connectivity index (χ4n) is 4.86. The summed E-state index contributed by atoms with van der Waals surface area (Å²) in [5.74, 6) is -0.0554. The first kappa shape index (κ1) is 18.4. The van der Waals surface area contributed by atoms with Gasteiger partial charge in [0.25, 0.3) is 5.91 Å². The number of amides is 1. The zero-order chi connectivity index (χ0) is 19.6. The van der Waals surface area contributed by atoms with Crippen molar-refractivity contribution in [1.82, 2.24) is 25.0 Å². The van der Waals surface area contributed by atoms with Crippen LogP contribution in [-0.2, 0) is 19.6 Å². The topological polar surface area (TPSA) is 66.0 Å². The van der Waals surface area contributed by atoms with E-state index in [0.29, 0.717) is 12.1 Å². The minimum atomic E-state index is -0.0554. The fraction of sp³-hybridized carbons (Fsp3) is 0.478. The van der Waals surface area contributed by atoms with Gasteiger partial charge in [0.1, 0.15) is 0 Å². The molecular weight excluding hydrogens is 362 g/mol. The first-order valence-corrected chi connectivity index (χ1v) is 10.9. The van der Waals surface area contributed by atoms with E-state index in [1.165, 1.54) is 44.3 Å². The Bertz CT molecular complexity index is 998. The van der Waals surface area contributed by atoms with Crippen molar-refractivity contribution in [3.05, 3.63) is 53.5 Å². The number of H-pyrrole nitrogens is 1. The molecule has 2 aromatic heterocycles. The van der Waals surface area contributed by atoms with Crippen molar-refractivity contribution in [2.75, 3.05) is 6.54 Å². The summed E-state index contributed by atoms with van der Waals surface area (Å²) in [5.41, 5.74) is 3.95. The van der Waals surface area contributed by atoms with Gasteiger partial charge < -0.3 is 10.3 Å². The van der Waals surface area contributed by atoms with Gasteiger partial charge in [-0.2, -0.15) is 5.10 Å². The summed E-state index contributed by atoms with van der Waals surface area (Å²) in [6.45, 7) is 3.58. The minimum absolute atomic E-state index is 0.0554. The van der Waals surface area contributed by atoms with Crippen LogP contribution < -0.4 is 5.32 Å². The Hall–Kier alpha value is -2.60. The van der Waals surface area contributed by atoms with Crippen LogP contribution in [0, 0.1) is 0 Å². The van der Waals surface area contributed by atoms with Crippen LogP contribution in [0.25, 0.3) is 10.9 Å². The average molecular weight is 392 g/mol. The highest BCUT2D eigenvalue weighted by molar-refractivity contribution is 5.97. The molecule has 1 aliphatic carbocycles. The summed E-state index contributed by atoms with van der Waals surface area (Å²) >= 11 is 0. The first-order chi connectivity index (χ1) is 14.3. The van der Waals surface area contributed by atoms with Crippen LogP contribution >= 0.6 is 0 Å². The van der Waals surface area contributed by atoms with Crippen LogP contribution in [0.15, 0.2) is 36.5 Å². The molecular formula is C23H29N5O. The third-order valence-corrected chi connectivity index (χ3v) is 6.43. The van der Waals surface area contributed by atoms with Gasteiger partial charge in [-0.1, -0.05) is 19.3 Å². The van der Waals surface area contributed by atoms with Crippen LogP contribution in [0.1, 0.15) is 60.3 Å². The number of rotatable bonds is 4. The van der Waals surface area contributed by atoms with Crippen molar-refractivity contribution in [2.24, 2.45) is 0 Å². The molecule has 3 aromatic rings. The molecule has 1 saturated carbocycles. The Kier molecular flexibility index (Phi) is 5.10. The van der Waals surface area contributed by atoms with Crippen molar-refractivity contribution >= 4 is 16.8 Å². The number of benzene rings is 1. The SMILES string of the molecule is O=C(NCc1cc2n(n1)CCCN(C1CCCCC1)C2)c1ccc2[nH]ccc2c1. The molecule has 3 heterocycles. The number of carbonyl (C=O) groups excluding carboxylic acids is 1. The predicted octanol–water partition coefficient (Wildman–Crippen LogP) is 3.83. The lowest BCUT2D eigenvalue weighted by molar-refractivity contribution is 0.0950. The normalized spacial score (nSPS) is 18.5. The van der Waals surface area contributed by atoms with E-state index in [-0.39, 0.29) is 5.91 Å². The van der Waals surface area contributed by atoms with E-state index in [1.807, 2.05) is 30.5 Å². The largest absolute Gasteiger partial charge is 0.361 e. The highest BCUT2D eigenvalue weighted by Crippen LogP contribution is 2.26. The monoisotopic (exact) mass is 391 g/mol. The summed E-state index contributed by atoms with van der Waals surface area (Å²) in [6, 6.07) is 10.6. The van der Waals surface area contributed by atoms with Gasteiger partial charge in [-0.15, -0.1) is 0 Å². The molecule has 0 bridgehead atoms. The molecule has 5 rings (SSSR count). The lowest BCUT2D eigenvalue weighted by atomic mass is 9.94. The number of fused-ring (bicyclic) bond motifs is 2. The van der Waals surface area contributed by atoms with E-state index in [0.717, 1.165) is 42.1 Å². The van der Waals surface area contributed by atoms with Crippen LogP contribution in [-0.4, -0.2) is 38.2 Å². The molecule has 2 aliphatic rings. The second kappa shape index (κ2) is 8.03. The standard InChI is InChI=1S/C23H29N5O/c29-23(18-7-8-22-17(13-18)9-10-24-22)25-15-19-14-21-16-27(11-4-12-28(21)26-19)20-5-2-1-3-6-20/h7-10,13-14,20,24H,1-6,11-12,15-16H2,(H,25,29). The Morgan fingerprint density at radius 3 is 2.90 bits per heavy atom. The zero-order valence-electron chi connectivity index (χ0n) is 16.9. The van der Waals surface area contributed by atoms with Crippen LogP contribution in [0.3, 0.4) is 0 Å². The zero-order valence-corrected chi connectivity index (χ0v) is 16.9. The quantitative estimate of drug-likeness (QED) is 0.710. The van der Waals surface area contributed by atoms with Crippen molar-refractivity contribution in [3.63, 3.8) is 0 Å². The molecule has 1 aromatic carbocycles. The summed E-state index contributed by atoms with van der Waals surface area (Å²) in [7, 11) is 0. The molecule has 1 aliphatic heterocycles. The molecule has 6 heteroatoms. The predicted molar refractivity (Wildman–Crippen MR) is 114 cm³/mol. The van der Waals surface area contributed by atoms with Crippen molar-refractivity contribution in [3.8, 4) is 0 Å². The Morgan fingerprint density at radius 2 is 2.00 bits per heavy atom. The van der Waals surface area contributed by atoms with E-state index in [4.69, 9.17) is 5.10 Å². The molecule has 2 N–H and O–H groups in total. The molecule has 0 spiro atoms. The maximum atomic E-state index is 12.6. The molecule has 0 unspecified atom stereocenters. The number of nitrogens with zero attached hydrogens (tertiary/aromatic N) is 3. The third kappa shape index (κ3) is 3.94. The lowest BCUT2D eigenvalue weighted by Crippen LogP contribution is -2.36. The van der Waals surface area contributed by atoms with Crippen molar-refractivity contribution in [1.29, 1.82) is 0 Å². The third-order valence-electron chi connectivity index (χ3n) is 6.43. The van der Waals surface area contributed by atoms with Crippen molar-refractivity contribution in [2.45, 2.75) is 64.2 Å². The van der Waals surface area contributed by atoms with Gasteiger partial charge in [0.05, 0.1) is 17.9 Å². The van der Waals surface area contributed by atoms with Crippen molar-refractivity contribution < 1.29 is 4.79 Å². The number of aromatic amines is 1. The highest BCUT2D eigenvalue weighted by atomic mass is 16.1.